The molecule has 74 valence electrons. The number of benzene rings is 1. The second-order valence-electron chi connectivity index (χ2n) is 2.36. The number of phenolic OH excluding ortho intramolecular Hbond substituents is 2. The lowest BCUT2D eigenvalue weighted by Gasteiger charge is -1.94. The van der Waals surface area contributed by atoms with Gasteiger partial charge in [0, 0.05) is 6.07 Å². The second kappa shape index (κ2) is 6.28. The molecule has 0 saturated carbocycles. The van der Waals surface area contributed by atoms with Crippen molar-refractivity contribution >= 4 is 0 Å². The van der Waals surface area contributed by atoms with Crippen molar-refractivity contribution in [3.63, 3.8) is 0 Å². The van der Waals surface area contributed by atoms with Gasteiger partial charge in [-0.15, -0.1) is 0 Å². The zero-order valence-corrected chi connectivity index (χ0v) is 7.94. The average molecular weight is 186 g/mol. The van der Waals surface area contributed by atoms with Crippen molar-refractivity contribution in [3.05, 3.63) is 23.8 Å². The van der Waals surface area contributed by atoms with Crippen molar-refractivity contribution in [2.75, 3.05) is 14.2 Å². The normalized spacial score (nSPS) is 8.85. The first-order valence-electron chi connectivity index (χ1n) is 3.66. The number of aromatic hydroxyl groups is 2. The number of aryl methyl sites for hydroxylation is 1. The van der Waals surface area contributed by atoms with Crippen molar-refractivity contribution in [2.45, 2.75) is 6.92 Å². The van der Waals surface area contributed by atoms with Crippen molar-refractivity contribution in [3.8, 4) is 11.5 Å². The summed E-state index contributed by atoms with van der Waals surface area (Å²) in [6.45, 7) is 1.80. The summed E-state index contributed by atoms with van der Waals surface area (Å²) in [6, 6.07) is 4.46. The summed E-state index contributed by atoms with van der Waals surface area (Å²) in [4.78, 5) is 8.08. The van der Waals surface area contributed by atoms with Crippen molar-refractivity contribution in [1.82, 2.24) is 0 Å². The van der Waals surface area contributed by atoms with Gasteiger partial charge >= 0.3 is 0 Å². The summed E-state index contributed by atoms with van der Waals surface area (Å²) in [5.74, 6) is 0.208. The van der Waals surface area contributed by atoms with Crippen LogP contribution in [0.4, 0.5) is 0 Å². The Bertz CT molecular complexity index is 195. The summed E-state index contributed by atoms with van der Waals surface area (Å²) in [5, 5.41) is 17.7. The van der Waals surface area contributed by atoms with Gasteiger partial charge in [0.05, 0.1) is 14.2 Å². The molecular formula is C9H14O4. The second-order valence-corrected chi connectivity index (χ2v) is 2.36. The molecule has 0 radical (unpaired) electrons. The molecule has 0 atom stereocenters. The van der Waals surface area contributed by atoms with Gasteiger partial charge < -0.3 is 10.2 Å². The van der Waals surface area contributed by atoms with Crippen LogP contribution in [0.25, 0.3) is 0 Å². The fraction of sp³-hybridized carbons (Fsp3) is 0.333. The molecule has 1 aromatic carbocycles. The highest BCUT2D eigenvalue weighted by molar-refractivity contribution is 5.35. The number of rotatable bonds is 1. The molecule has 0 aliphatic heterocycles. The summed E-state index contributed by atoms with van der Waals surface area (Å²) >= 11 is 0. The maximum atomic E-state index is 8.83. The lowest BCUT2D eigenvalue weighted by molar-refractivity contribution is -0.248. The highest BCUT2D eigenvalue weighted by atomic mass is 17.2. The summed E-state index contributed by atoms with van der Waals surface area (Å²) in [5.41, 5.74) is 0.854. The predicted molar refractivity (Wildman–Crippen MR) is 48.5 cm³/mol. The Labute approximate surface area is 77.3 Å². The van der Waals surface area contributed by atoms with E-state index in [2.05, 4.69) is 9.78 Å². The molecule has 0 aliphatic rings. The summed E-state index contributed by atoms with van der Waals surface area (Å²) < 4.78 is 0. The molecule has 0 fully saturated rings. The number of hydrogen-bond acceptors (Lipinski definition) is 4. The minimum atomic E-state index is 0.104. The van der Waals surface area contributed by atoms with Crippen LogP contribution < -0.4 is 0 Å². The molecule has 0 amide bonds. The molecule has 13 heavy (non-hydrogen) atoms. The van der Waals surface area contributed by atoms with Crippen LogP contribution in [0.2, 0.25) is 0 Å². The standard InChI is InChI=1S/C7H8O2.C2H6O2/c1-5-2-6(8)4-7(9)3-5;1-3-4-2/h2-4,8-9H,1H3;1-2H3. The van der Waals surface area contributed by atoms with Gasteiger partial charge in [0.25, 0.3) is 0 Å². The highest BCUT2D eigenvalue weighted by Gasteiger charge is 1.91. The largest absolute Gasteiger partial charge is 0.508 e. The van der Waals surface area contributed by atoms with Gasteiger partial charge in [-0.05, 0) is 24.6 Å². The van der Waals surface area contributed by atoms with E-state index in [1.165, 1.54) is 20.3 Å². The van der Waals surface area contributed by atoms with Crippen molar-refractivity contribution < 1.29 is 20.0 Å². The monoisotopic (exact) mass is 186 g/mol. The molecule has 0 heterocycles. The van der Waals surface area contributed by atoms with E-state index >= 15 is 0 Å². The molecule has 0 aliphatic carbocycles. The maximum absolute atomic E-state index is 8.83. The zero-order chi connectivity index (χ0) is 10.3. The van der Waals surface area contributed by atoms with Gasteiger partial charge in [-0.1, -0.05) is 0 Å². The van der Waals surface area contributed by atoms with Crippen LogP contribution in [0.5, 0.6) is 11.5 Å². The molecule has 0 spiro atoms. The van der Waals surface area contributed by atoms with E-state index in [9.17, 15) is 0 Å². The van der Waals surface area contributed by atoms with Crippen LogP contribution in [0.1, 0.15) is 5.56 Å². The maximum Gasteiger partial charge on any atom is 0.119 e. The van der Waals surface area contributed by atoms with Crippen molar-refractivity contribution in [2.24, 2.45) is 0 Å². The minimum absolute atomic E-state index is 0.104. The first-order valence-corrected chi connectivity index (χ1v) is 3.66. The number of phenols is 2. The van der Waals surface area contributed by atoms with Crippen LogP contribution in [0.15, 0.2) is 18.2 Å². The van der Waals surface area contributed by atoms with E-state index in [1.807, 2.05) is 0 Å². The van der Waals surface area contributed by atoms with E-state index in [4.69, 9.17) is 10.2 Å². The third kappa shape index (κ3) is 5.95. The van der Waals surface area contributed by atoms with E-state index < -0.39 is 0 Å². The fourth-order valence-electron chi connectivity index (χ4n) is 0.743. The Kier molecular flexibility index (Phi) is 5.67. The lowest BCUT2D eigenvalue weighted by atomic mass is 10.2. The van der Waals surface area contributed by atoms with Gasteiger partial charge in [-0.3, -0.25) is 0 Å². The zero-order valence-electron chi connectivity index (χ0n) is 7.94. The molecule has 0 bridgehead atoms. The topological polar surface area (TPSA) is 58.9 Å². The molecule has 2 N–H and O–H groups in total. The average Bonchev–Trinajstić information content (AvgIpc) is 2.02. The van der Waals surface area contributed by atoms with Gasteiger partial charge in [0.2, 0.25) is 0 Å². The van der Waals surface area contributed by atoms with Gasteiger partial charge in [-0.25, -0.2) is 9.78 Å². The SMILES string of the molecule is COOC.Cc1cc(O)cc(O)c1. The van der Waals surface area contributed by atoms with Crippen LogP contribution in [-0.4, -0.2) is 24.4 Å². The van der Waals surface area contributed by atoms with Crippen LogP contribution in [-0.2, 0) is 9.78 Å². The highest BCUT2D eigenvalue weighted by Crippen LogP contribution is 2.18. The quantitative estimate of drug-likeness (QED) is 0.516. The Hall–Kier alpha value is -1.26. The first-order chi connectivity index (χ1) is 6.10. The fourth-order valence-corrected chi connectivity index (χ4v) is 0.743. The lowest BCUT2D eigenvalue weighted by Crippen LogP contribution is -1.72. The molecule has 0 aromatic heterocycles. The van der Waals surface area contributed by atoms with Gasteiger partial charge in [-0.2, -0.15) is 0 Å². The van der Waals surface area contributed by atoms with E-state index in [-0.39, 0.29) is 11.5 Å². The molecule has 1 aromatic rings. The Morgan fingerprint density at radius 3 is 1.54 bits per heavy atom. The Morgan fingerprint density at radius 2 is 1.31 bits per heavy atom. The van der Waals surface area contributed by atoms with E-state index in [1.54, 1.807) is 19.1 Å². The summed E-state index contributed by atoms with van der Waals surface area (Å²) in [6.07, 6.45) is 0. The first kappa shape index (κ1) is 11.7. The smallest absolute Gasteiger partial charge is 0.119 e. The molecule has 1 rings (SSSR count). The Morgan fingerprint density at radius 1 is 0.923 bits per heavy atom. The van der Waals surface area contributed by atoms with Gasteiger partial charge in [0.15, 0.2) is 0 Å². The van der Waals surface area contributed by atoms with Gasteiger partial charge in [0.1, 0.15) is 11.5 Å². The predicted octanol–water partition coefficient (Wildman–Crippen LogP) is 1.60. The number of hydrogen-bond donors (Lipinski definition) is 2. The molecule has 0 unspecified atom stereocenters. The van der Waals surface area contributed by atoms with Crippen LogP contribution in [0.3, 0.4) is 0 Å². The molecule has 4 heteroatoms. The van der Waals surface area contributed by atoms with E-state index in [0.717, 1.165) is 5.56 Å². The molecule has 4 nitrogen and oxygen atoms in total. The summed E-state index contributed by atoms with van der Waals surface area (Å²) in [7, 11) is 2.92. The van der Waals surface area contributed by atoms with Crippen molar-refractivity contribution in [1.29, 1.82) is 0 Å². The third-order valence-electron chi connectivity index (χ3n) is 1.21. The third-order valence-corrected chi connectivity index (χ3v) is 1.21. The van der Waals surface area contributed by atoms with E-state index in [0.29, 0.717) is 0 Å². The minimum Gasteiger partial charge on any atom is -0.508 e. The molecule has 0 saturated heterocycles. The van der Waals surface area contributed by atoms with Crippen LogP contribution >= 0.6 is 0 Å². The van der Waals surface area contributed by atoms with Crippen LogP contribution in [0, 0.1) is 6.92 Å². The molecular weight excluding hydrogens is 172 g/mol. The Balaban J connectivity index is 0.000000310.